The molecule has 0 aromatic heterocycles. The first kappa shape index (κ1) is 45.5. The molecule has 14 nitrogen and oxygen atoms in total. The molecular weight excluding hydrogens is 712 g/mol. The highest BCUT2D eigenvalue weighted by molar-refractivity contribution is 5.83. The third-order valence-corrected chi connectivity index (χ3v) is 9.25. The molecule has 1 aliphatic carbocycles. The third kappa shape index (κ3) is 17.2. The van der Waals surface area contributed by atoms with Crippen molar-refractivity contribution in [3.05, 3.63) is 59.2 Å². The Bertz CT molecular complexity index is 1400. The minimum atomic E-state index is -0.900. The number of fused-ring (bicyclic) bond motifs is 3. The van der Waals surface area contributed by atoms with Crippen LogP contribution in [0.25, 0.3) is 11.1 Å². The van der Waals surface area contributed by atoms with Gasteiger partial charge < -0.3 is 49.3 Å². The molecule has 3 rings (SSSR count). The zero-order valence-corrected chi connectivity index (χ0v) is 32.3. The average molecular weight is 773 g/mol. The number of carboxylic acids is 2. The minimum Gasteiger partial charge on any atom is -0.481 e. The summed E-state index contributed by atoms with van der Waals surface area (Å²) >= 11 is 0. The molecule has 1 aliphatic rings. The van der Waals surface area contributed by atoms with Crippen molar-refractivity contribution in [1.82, 2.24) is 10.6 Å². The molecule has 0 heterocycles. The van der Waals surface area contributed by atoms with Crippen molar-refractivity contribution in [3.8, 4) is 11.1 Å². The standard InChI is InChI=1S/C41H60N2O12/c1-2-3-6-32-9-10-34-33-7-4-5-8-35(33)41(36(34)31-32,15-11-37(44)42-17-21-52-25-29-54-27-23-50-19-13-39(46)47)16-12-38(45)43-18-22-53-26-30-55-28-24-51-20-14-40(48)49/h4-5,7-10,31H,2-3,6,11-30H2,1H3,(H,42,44)(H,43,45)(H,46,47)(H,48,49). The number of amides is 2. The summed E-state index contributed by atoms with van der Waals surface area (Å²) in [6, 6.07) is 15.0. The van der Waals surface area contributed by atoms with Crippen LogP contribution in [0.3, 0.4) is 0 Å². The third-order valence-electron chi connectivity index (χ3n) is 9.25. The van der Waals surface area contributed by atoms with Gasteiger partial charge in [0.25, 0.3) is 0 Å². The molecule has 14 heteroatoms. The number of nitrogens with one attached hydrogen (secondary N) is 2. The molecule has 306 valence electrons. The van der Waals surface area contributed by atoms with Crippen LogP contribution in [0.2, 0.25) is 0 Å². The van der Waals surface area contributed by atoms with Crippen molar-refractivity contribution in [2.75, 3.05) is 92.4 Å². The maximum Gasteiger partial charge on any atom is 0.305 e. The van der Waals surface area contributed by atoms with Gasteiger partial charge in [0.1, 0.15) is 0 Å². The van der Waals surface area contributed by atoms with E-state index in [4.69, 9.17) is 38.6 Å². The Kier molecular flexibility index (Phi) is 22.2. The Morgan fingerprint density at radius 2 is 1.02 bits per heavy atom. The summed E-state index contributed by atoms with van der Waals surface area (Å²) in [4.78, 5) is 47.4. The number of hydrogen-bond acceptors (Lipinski definition) is 10. The van der Waals surface area contributed by atoms with E-state index in [2.05, 4.69) is 47.9 Å². The summed E-state index contributed by atoms with van der Waals surface area (Å²) in [5.41, 5.74) is 5.36. The van der Waals surface area contributed by atoms with Crippen LogP contribution in [-0.4, -0.2) is 126 Å². The van der Waals surface area contributed by atoms with Gasteiger partial charge in [-0.25, -0.2) is 0 Å². The van der Waals surface area contributed by atoms with E-state index in [-0.39, 0.29) is 50.7 Å². The van der Waals surface area contributed by atoms with Gasteiger partial charge in [0.2, 0.25) is 11.8 Å². The molecule has 0 saturated heterocycles. The zero-order chi connectivity index (χ0) is 39.6. The molecule has 0 saturated carbocycles. The van der Waals surface area contributed by atoms with Crippen molar-refractivity contribution < 1.29 is 57.8 Å². The van der Waals surface area contributed by atoms with Crippen LogP contribution in [0, 0.1) is 0 Å². The average Bonchev–Trinajstić information content (AvgIpc) is 3.44. The van der Waals surface area contributed by atoms with Gasteiger partial charge in [-0.2, -0.15) is 0 Å². The van der Waals surface area contributed by atoms with Crippen molar-refractivity contribution in [3.63, 3.8) is 0 Å². The van der Waals surface area contributed by atoms with Gasteiger partial charge >= 0.3 is 11.9 Å². The van der Waals surface area contributed by atoms with E-state index in [9.17, 15) is 19.2 Å². The number of carbonyl (C=O) groups is 4. The first-order chi connectivity index (χ1) is 26.8. The molecule has 0 fully saturated rings. The number of rotatable bonds is 33. The highest BCUT2D eigenvalue weighted by atomic mass is 16.5. The molecule has 0 atom stereocenters. The number of carboxylic acid groups (broad SMARTS) is 2. The van der Waals surface area contributed by atoms with Crippen molar-refractivity contribution >= 4 is 23.8 Å². The molecule has 0 radical (unpaired) electrons. The van der Waals surface area contributed by atoms with Gasteiger partial charge in [-0.1, -0.05) is 55.8 Å². The van der Waals surface area contributed by atoms with E-state index in [1.165, 1.54) is 11.1 Å². The molecule has 0 bridgehead atoms. The molecule has 0 spiro atoms. The maximum absolute atomic E-state index is 13.2. The van der Waals surface area contributed by atoms with Gasteiger partial charge in [0.15, 0.2) is 0 Å². The van der Waals surface area contributed by atoms with Crippen LogP contribution in [-0.2, 0) is 59.4 Å². The highest BCUT2D eigenvalue weighted by Crippen LogP contribution is 2.54. The number of benzene rings is 2. The largest absolute Gasteiger partial charge is 0.481 e. The summed E-state index contributed by atoms with van der Waals surface area (Å²) < 4.78 is 32.4. The fourth-order valence-electron chi connectivity index (χ4n) is 6.46. The Morgan fingerprint density at radius 1 is 0.564 bits per heavy atom. The summed E-state index contributed by atoms with van der Waals surface area (Å²) in [6.07, 6.45) is 4.72. The van der Waals surface area contributed by atoms with E-state index >= 15 is 0 Å². The zero-order valence-electron chi connectivity index (χ0n) is 32.3. The second-order valence-electron chi connectivity index (χ2n) is 13.3. The first-order valence-corrected chi connectivity index (χ1v) is 19.4. The number of hydrogen-bond donors (Lipinski definition) is 4. The van der Waals surface area contributed by atoms with E-state index in [1.54, 1.807) is 0 Å². The molecular formula is C41H60N2O12. The molecule has 0 unspecified atom stereocenters. The number of unbranched alkanes of at least 4 members (excludes halogenated alkanes) is 1. The summed E-state index contributed by atoms with van der Waals surface area (Å²) in [7, 11) is 0. The fourth-order valence-corrected chi connectivity index (χ4v) is 6.46. The lowest BCUT2D eigenvalue weighted by atomic mass is 9.71. The van der Waals surface area contributed by atoms with Gasteiger partial charge in [-0.05, 0) is 53.5 Å². The van der Waals surface area contributed by atoms with Gasteiger partial charge in [-0.15, -0.1) is 0 Å². The van der Waals surface area contributed by atoms with Crippen molar-refractivity contribution in [2.45, 2.75) is 70.1 Å². The minimum absolute atomic E-state index is 0.0388. The van der Waals surface area contributed by atoms with Gasteiger partial charge in [0.05, 0.1) is 92.1 Å². The lowest BCUT2D eigenvalue weighted by Gasteiger charge is -2.32. The summed E-state index contributed by atoms with van der Waals surface area (Å²) in [6.45, 7) is 6.64. The second-order valence-corrected chi connectivity index (χ2v) is 13.3. The highest BCUT2D eigenvalue weighted by Gasteiger charge is 2.43. The molecule has 55 heavy (non-hydrogen) atoms. The Labute approximate surface area is 324 Å². The Morgan fingerprint density at radius 3 is 1.51 bits per heavy atom. The lowest BCUT2D eigenvalue weighted by molar-refractivity contribution is -0.139. The predicted molar refractivity (Wildman–Crippen MR) is 205 cm³/mol. The summed E-state index contributed by atoms with van der Waals surface area (Å²) in [5, 5.41) is 23.2. The molecule has 2 amide bonds. The quantitative estimate of drug-likeness (QED) is 0.0761. The Hall–Kier alpha value is -3.92. The normalized spacial score (nSPS) is 12.6. The second kappa shape index (κ2) is 26.8. The van der Waals surface area contributed by atoms with Crippen LogP contribution in [0.5, 0.6) is 0 Å². The van der Waals surface area contributed by atoms with Gasteiger partial charge in [0, 0.05) is 31.3 Å². The van der Waals surface area contributed by atoms with E-state index in [1.807, 2.05) is 12.1 Å². The van der Waals surface area contributed by atoms with Crippen LogP contribution < -0.4 is 10.6 Å². The molecule has 2 aromatic carbocycles. The maximum atomic E-state index is 13.2. The number of carbonyl (C=O) groups excluding carboxylic acids is 2. The number of aryl methyl sites for hydroxylation is 1. The van der Waals surface area contributed by atoms with Gasteiger partial charge in [-0.3, -0.25) is 19.2 Å². The summed E-state index contributed by atoms with van der Waals surface area (Å²) in [5.74, 6) is -1.96. The van der Waals surface area contributed by atoms with E-state index in [0.717, 1.165) is 36.0 Å². The van der Waals surface area contributed by atoms with Crippen LogP contribution in [0.1, 0.15) is 75.0 Å². The van der Waals surface area contributed by atoms with E-state index < -0.39 is 17.4 Å². The molecule has 0 aliphatic heterocycles. The van der Waals surface area contributed by atoms with Crippen molar-refractivity contribution in [1.29, 1.82) is 0 Å². The molecule has 4 N–H and O–H groups in total. The smallest absolute Gasteiger partial charge is 0.305 e. The first-order valence-electron chi connectivity index (χ1n) is 19.4. The fraction of sp³-hybridized carbons (Fsp3) is 0.610. The Balaban J connectivity index is 1.49. The molecule has 2 aromatic rings. The van der Waals surface area contributed by atoms with Crippen LogP contribution >= 0.6 is 0 Å². The predicted octanol–water partition coefficient (Wildman–Crippen LogP) is 4.14. The number of ether oxygens (including phenoxy) is 6. The SMILES string of the molecule is CCCCc1ccc2c(c1)C(CCC(=O)NCCOCCOCCOCCC(=O)O)(CCC(=O)NCCOCCOCCOCCC(=O)O)c1ccccc1-2. The lowest BCUT2D eigenvalue weighted by Crippen LogP contribution is -2.34. The van der Waals surface area contributed by atoms with Crippen LogP contribution in [0.15, 0.2) is 42.5 Å². The van der Waals surface area contributed by atoms with Crippen LogP contribution in [0.4, 0.5) is 0 Å². The topological polar surface area (TPSA) is 188 Å². The monoisotopic (exact) mass is 772 g/mol. The number of aliphatic carboxylic acids is 2. The van der Waals surface area contributed by atoms with E-state index in [0.29, 0.717) is 92.0 Å². The van der Waals surface area contributed by atoms with Crippen molar-refractivity contribution in [2.24, 2.45) is 0 Å².